The SMILES string of the molecule is COc1cccc(CNC(=O)NCC(C)N2CCOCC2)c1. The Kier molecular flexibility index (Phi) is 6.48. The quantitative estimate of drug-likeness (QED) is 0.829. The number of urea groups is 1. The predicted molar refractivity (Wildman–Crippen MR) is 85.1 cm³/mol. The first-order valence-corrected chi connectivity index (χ1v) is 7.65. The van der Waals surface area contributed by atoms with Gasteiger partial charge in [0, 0.05) is 32.2 Å². The molecular weight excluding hydrogens is 282 g/mol. The van der Waals surface area contributed by atoms with Gasteiger partial charge in [0.2, 0.25) is 0 Å². The minimum atomic E-state index is -0.150. The molecule has 122 valence electrons. The monoisotopic (exact) mass is 307 g/mol. The summed E-state index contributed by atoms with van der Waals surface area (Å²) < 4.78 is 10.5. The molecule has 1 aromatic carbocycles. The Labute approximate surface area is 131 Å². The zero-order valence-electron chi connectivity index (χ0n) is 13.3. The van der Waals surface area contributed by atoms with Gasteiger partial charge < -0.3 is 20.1 Å². The third-order valence-corrected chi connectivity index (χ3v) is 3.81. The molecule has 1 aliphatic rings. The van der Waals surface area contributed by atoms with E-state index in [2.05, 4.69) is 22.5 Å². The molecule has 0 saturated carbocycles. The van der Waals surface area contributed by atoms with Crippen LogP contribution in [0.25, 0.3) is 0 Å². The number of carbonyl (C=O) groups excluding carboxylic acids is 1. The molecule has 1 atom stereocenters. The number of rotatable bonds is 6. The molecule has 2 N–H and O–H groups in total. The largest absolute Gasteiger partial charge is 0.497 e. The van der Waals surface area contributed by atoms with E-state index < -0.39 is 0 Å². The number of methoxy groups -OCH3 is 1. The predicted octanol–water partition coefficient (Wildman–Crippen LogP) is 1.22. The number of benzene rings is 1. The molecule has 2 rings (SSSR count). The molecule has 6 nitrogen and oxygen atoms in total. The van der Waals surface area contributed by atoms with Crippen LogP contribution in [0.15, 0.2) is 24.3 Å². The number of nitrogens with zero attached hydrogens (tertiary/aromatic N) is 1. The number of nitrogens with one attached hydrogen (secondary N) is 2. The fourth-order valence-electron chi connectivity index (χ4n) is 2.42. The van der Waals surface area contributed by atoms with E-state index in [4.69, 9.17) is 9.47 Å². The number of amides is 2. The summed E-state index contributed by atoms with van der Waals surface area (Å²) in [4.78, 5) is 14.2. The zero-order chi connectivity index (χ0) is 15.8. The first-order valence-electron chi connectivity index (χ1n) is 7.65. The zero-order valence-corrected chi connectivity index (χ0v) is 13.3. The number of hydrogen-bond acceptors (Lipinski definition) is 4. The van der Waals surface area contributed by atoms with Gasteiger partial charge in [-0.2, -0.15) is 0 Å². The molecule has 0 radical (unpaired) electrons. The highest BCUT2D eigenvalue weighted by Crippen LogP contribution is 2.12. The van der Waals surface area contributed by atoms with Gasteiger partial charge in [0.1, 0.15) is 5.75 Å². The molecule has 1 saturated heterocycles. The van der Waals surface area contributed by atoms with Crippen molar-refractivity contribution < 1.29 is 14.3 Å². The molecule has 1 unspecified atom stereocenters. The average Bonchev–Trinajstić information content (AvgIpc) is 2.58. The maximum Gasteiger partial charge on any atom is 0.315 e. The van der Waals surface area contributed by atoms with Gasteiger partial charge in [-0.1, -0.05) is 12.1 Å². The minimum absolute atomic E-state index is 0.150. The van der Waals surface area contributed by atoms with Crippen LogP contribution in [-0.2, 0) is 11.3 Å². The van der Waals surface area contributed by atoms with Crippen LogP contribution in [-0.4, -0.2) is 56.9 Å². The summed E-state index contributed by atoms with van der Waals surface area (Å²) in [5.74, 6) is 0.792. The van der Waals surface area contributed by atoms with Gasteiger partial charge in [-0.25, -0.2) is 4.79 Å². The van der Waals surface area contributed by atoms with Crippen molar-refractivity contribution in [3.05, 3.63) is 29.8 Å². The Morgan fingerprint density at radius 1 is 1.36 bits per heavy atom. The van der Waals surface area contributed by atoms with Crippen molar-refractivity contribution in [3.63, 3.8) is 0 Å². The smallest absolute Gasteiger partial charge is 0.315 e. The van der Waals surface area contributed by atoms with Gasteiger partial charge in [0.25, 0.3) is 0 Å². The lowest BCUT2D eigenvalue weighted by Crippen LogP contribution is -2.48. The van der Waals surface area contributed by atoms with Gasteiger partial charge in [-0.3, -0.25) is 4.90 Å². The second kappa shape index (κ2) is 8.60. The summed E-state index contributed by atoms with van der Waals surface area (Å²) in [6.45, 7) is 6.62. The lowest BCUT2D eigenvalue weighted by atomic mass is 10.2. The van der Waals surface area contributed by atoms with E-state index in [-0.39, 0.29) is 6.03 Å². The Bertz CT molecular complexity index is 475. The Balaban J connectivity index is 1.68. The second-order valence-electron chi connectivity index (χ2n) is 5.41. The summed E-state index contributed by atoms with van der Waals surface area (Å²) >= 11 is 0. The van der Waals surface area contributed by atoms with Crippen LogP contribution in [0.2, 0.25) is 0 Å². The van der Waals surface area contributed by atoms with Gasteiger partial charge in [0.15, 0.2) is 0 Å². The van der Waals surface area contributed by atoms with Gasteiger partial charge in [0.05, 0.1) is 20.3 Å². The lowest BCUT2D eigenvalue weighted by molar-refractivity contribution is 0.0209. The number of morpholine rings is 1. The molecule has 2 amide bonds. The molecule has 1 fully saturated rings. The molecule has 22 heavy (non-hydrogen) atoms. The summed E-state index contributed by atoms with van der Waals surface area (Å²) in [7, 11) is 1.63. The lowest BCUT2D eigenvalue weighted by Gasteiger charge is -2.32. The summed E-state index contributed by atoms with van der Waals surface area (Å²) in [5.41, 5.74) is 1.01. The molecule has 1 heterocycles. The topological polar surface area (TPSA) is 62.8 Å². The molecule has 1 aliphatic heterocycles. The van der Waals surface area contributed by atoms with E-state index in [1.54, 1.807) is 7.11 Å². The van der Waals surface area contributed by atoms with Crippen molar-refractivity contribution in [3.8, 4) is 5.75 Å². The standard InChI is InChI=1S/C16H25N3O3/c1-13(19-6-8-22-9-7-19)11-17-16(20)18-12-14-4-3-5-15(10-14)21-2/h3-5,10,13H,6-9,11-12H2,1-2H3,(H2,17,18,20). The van der Waals surface area contributed by atoms with Gasteiger partial charge >= 0.3 is 6.03 Å². The fourth-order valence-corrected chi connectivity index (χ4v) is 2.42. The van der Waals surface area contributed by atoms with Crippen molar-refractivity contribution in [2.75, 3.05) is 40.0 Å². The van der Waals surface area contributed by atoms with Crippen LogP contribution < -0.4 is 15.4 Å². The minimum Gasteiger partial charge on any atom is -0.497 e. The summed E-state index contributed by atoms with van der Waals surface area (Å²) in [5, 5.41) is 5.77. The maximum atomic E-state index is 11.9. The van der Waals surface area contributed by atoms with Crippen molar-refractivity contribution in [2.45, 2.75) is 19.5 Å². The van der Waals surface area contributed by atoms with Crippen molar-refractivity contribution in [1.29, 1.82) is 0 Å². The fraction of sp³-hybridized carbons (Fsp3) is 0.562. The highest BCUT2D eigenvalue weighted by molar-refractivity contribution is 5.73. The third kappa shape index (κ3) is 5.20. The highest BCUT2D eigenvalue weighted by atomic mass is 16.5. The molecule has 0 aliphatic carbocycles. The highest BCUT2D eigenvalue weighted by Gasteiger charge is 2.17. The number of carbonyl (C=O) groups is 1. The van der Waals surface area contributed by atoms with Gasteiger partial charge in [-0.15, -0.1) is 0 Å². The third-order valence-electron chi connectivity index (χ3n) is 3.81. The average molecular weight is 307 g/mol. The van der Waals surface area contributed by atoms with E-state index in [1.165, 1.54) is 0 Å². The van der Waals surface area contributed by atoms with E-state index in [1.807, 2.05) is 24.3 Å². The van der Waals surface area contributed by atoms with Gasteiger partial charge in [-0.05, 0) is 24.6 Å². The van der Waals surface area contributed by atoms with Crippen LogP contribution in [0, 0.1) is 0 Å². The number of ether oxygens (including phenoxy) is 2. The maximum absolute atomic E-state index is 11.9. The first-order chi connectivity index (χ1) is 10.7. The molecule has 0 aromatic heterocycles. The van der Waals surface area contributed by atoms with Crippen LogP contribution in [0.1, 0.15) is 12.5 Å². The normalized spacial score (nSPS) is 16.8. The van der Waals surface area contributed by atoms with Crippen LogP contribution in [0.4, 0.5) is 4.79 Å². The second-order valence-corrected chi connectivity index (χ2v) is 5.41. The van der Waals surface area contributed by atoms with Crippen molar-refractivity contribution in [1.82, 2.24) is 15.5 Å². The van der Waals surface area contributed by atoms with Crippen LogP contribution in [0.3, 0.4) is 0 Å². The van der Waals surface area contributed by atoms with Crippen LogP contribution in [0.5, 0.6) is 5.75 Å². The first kappa shape index (κ1) is 16.6. The van der Waals surface area contributed by atoms with Crippen molar-refractivity contribution in [2.24, 2.45) is 0 Å². The van der Waals surface area contributed by atoms with Crippen molar-refractivity contribution >= 4 is 6.03 Å². The van der Waals surface area contributed by atoms with E-state index in [0.29, 0.717) is 19.1 Å². The molecule has 6 heteroatoms. The van der Waals surface area contributed by atoms with Crippen LogP contribution >= 0.6 is 0 Å². The Morgan fingerprint density at radius 2 is 2.14 bits per heavy atom. The Morgan fingerprint density at radius 3 is 2.86 bits per heavy atom. The summed E-state index contributed by atoms with van der Waals surface area (Å²) in [6, 6.07) is 7.83. The molecule has 1 aromatic rings. The summed E-state index contributed by atoms with van der Waals surface area (Å²) in [6.07, 6.45) is 0. The van der Waals surface area contributed by atoms with E-state index in [0.717, 1.165) is 37.6 Å². The van der Waals surface area contributed by atoms with E-state index in [9.17, 15) is 4.79 Å². The Hall–Kier alpha value is -1.79. The van der Waals surface area contributed by atoms with E-state index >= 15 is 0 Å². The molecule has 0 bridgehead atoms. The number of hydrogen-bond donors (Lipinski definition) is 2. The molecule has 0 spiro atoms. The molecular formula is C16H25N3O3.